The van der Waals surface area contributed by atoms with Crippen LogP contribution in [0.3, 0.4) is 0 Å². The molecule has 3 amide bonds. The highest BCUT2D eigenvalue weighted by Crippen LogP contribution is 2.19. The highest BCUT2D eigenvalue weighted by atomic mass is 16.2. The monoisotopic (exact) mass is 344 g/mol. The molecule has 6 heteroatoms. The third-order valence-corrected chi connectivity index (χ3v) is 4.94. The lowest BCUT2D eigenvalue weighted by atomic mass is 10.0. The Morgan fingerprint density at radius 1 is 1.12 bits per heavy atom. The third-order valence-electron chi connectivity index (χ3n) is 4.94. The summed E-state index contributed by atoms with van der Waals surface area (Å²) in [6.07, 6.45) is 5.92. The van der Waals surface area contributed by atoms with Crippen molar-refractivity contribution in [3.63, 3.8) is 0 Å². The van der Waals surface area contributed by atoms with Gasteiger partial charge in [-0.25, -0.2) is 4.79 Å². The fourth-order valence-corrected chi connectivity index (χ4v) is 3.19. The van der Waals surface area contributed by atoms with E-state index in [1.165, 1.54) is 19.3 Å². The number of nitrogens with one attached hydrogen (secondary N) is 3. The molecule has 1 saturated heterocycles. The first-order chi connectivity index (χ1) is 12.1. The number of piperidine rings is 1. The molecule has 25 heavy (non-hydrogen) atoms. The first-order valence-corrected chi connectivity index (χ1v) is 9.31. The molecule has 1 aromatic rings. The lowest BCUT2D eigenvalue weighted by Gasteiger charge is -2.33. The van der Waals surface area contributed by atoms with Gasteiger partial charge in [-0.1, -0.05) is 6.42 Å². The number of carbonyl (C=O) groups is 2. The summed E-state index contributed by atoms with van der Waals surface area (Å²) in [6.45, 7) is 4.94. The van der Waals surface area contributed by atoms with Crippen molar-refractivity contribution < 1.29 is 9.59 Å². The molecule has 3 rings (SSSR count). The van der Waals surface area contributed by atoms with Gasteiger partial charge in [0.15, 0.2) is 0 Å². The van der Waals surface area contributed by atoms with Crippen LogP contribution >= 0.6 is 0 Å². The molecule has 1 aliphatic carbocycles. The molecule has 1 aromatic carbocycles. The summed E-state index contributed by atoms with van der Waals surface area (Å²) in [7, 11) is 0. The summed E-state index contributed by atoms with van der Waals surface area (Å²) in [6, 6.07) is 7.75. The van der Waals surface area contributed by atoms with E-state index in [9.17, 15) is 9.59 Å². The highest BCUT2D eigenvalue weighted by Gasteiger charge is 2.23. The van der Waals surface area contributed by atoms with E-state index in [2.05, 4.69) is 27.8 Å². The van der Waals surface area contributed by atoms with Crippen molar-refractivity contribution >= 4 is 17.6 Å². The summed E-state index contributed by atoms with van der Waals surface area (Å²) >= 11 is 0. The van der Waals surface area contributed by atoms with E-state index in [-0.39, 0.29) is 11.9 Å². The molecule has 0 unspecified atom stereocenters. The molecular weight excluding hydrogens is 316 g/mol. The van der Waals surface area contributed by atoms with Gasteiger partial charge in [-0.2, -0.15) is 0 Å². The Labute approximate surface area is 149 Å². The first kappa shape index (κ1) is 17.7. The van der Waals surface area contributed by atoms with Crippen molar-refractivity contribution in [3.8, 4) is 0 Å². The number of anilines is 1. The maximum atomic E-state index is 12.2. The standard InChI is InChI=1S/C19H28N4O2/c1-14-4-2-3-12-23(14)13-11-20-18(24)15-5-7-16(8-6-15)21-19(25)22-17-9-10-17/h5-8,14,17H,2-4,9-13H2,1H3,(H,20,24)(H2,21,22,25)/t14-/m1/s1. The van der Waals surface area contributed by atoms with Crippen LogP contribution in [0.25, 0.3) is 0 Å². The second-order valence-electron chi connectivity index (χ2n) is 7.09. The summed E-state index contributed by atoms with van der Waals surface area (Å²) in [5.41, 5.74) is 1.30. The van der Waals surface area contributed by atoms with Gasteiger partial charge in [0.05, 0.1) is 0 Å². The summed E-state index contributed by atoms with van der Waals surface area (Å²) < 4.78 is 0. The highest BCUT2D eigenvalue weighted by molar-refractivity contribution is 5.95. The molecule has 1 atom stereocenters. The molecule has 6 nitrogen and oxygen atoms in total. The van der Waals surface area contributed by atoms with Crippen LogP contribution in [0, 0.1) is 0 Å². The Morgan fingerprint density at radius 2 is 1.88 bits per heavy atom. The molecule has 0 spiro atoms. The van der Waals surface area contributed by atoms with E-state index >= 15 is 0 Å². The van der Waals surface area contributed by atoms with Crippen LogP contribution in [0.4, 0.5) is 10.5 Å². The number of amides is 3. The number of carbonyl (C=O) groups excluding carboxylic acids is 2. The van der Waals surface area contributed by atoms with Gasteiger partial charge >= 0.3 is 6.03 Å². The molecule has 0 aromatic heterocycles. The Bertz CT molecular complexity index is 598. The number of rotatable bonds is 6. The van der Waals surface area contributed by atoms with Gasteiger partial charge in [0.25, 0.3) is 5.91 Å². The van der Waals surface area contributed by atoms with Crippen LogP contribution in [-0.4, -0.2) is 48.6 Å². The minimum atomic E-state index is -0.185. The molecule has 1 aliphatic heterocycles. The van der Waals surface area contributed by atoms with Gasteiger partial charge in [-0.3, -0.25) is 9.69 Å². The van der Waals surface area contributed by atoms with Crippen LogP contribution in [-0.2, 0) is 0 Å². The number of hydrogen-bond donors (Lipinski definition) is 3. The molecule has 136 valence electrons. The molecule has 0 radical (unpaired) electrons. The zero-order chi connectivity index (χ0) is 17.6. The van der Waals surface area contributed by atoms with E-state index in [0.29, 0.717) is 29.9 Å². The predicted octanol–water partition coefficient (Wildman–Crippen LogP) is 2.57. The molecule has 2 aliphatic rings. The first-order valence-electron chi connectivity index (χ1n) is 9.31. The topological polar surface area (TPSA) is 73.5 Å². The van der Waals surface area contributed by atoms with Gasteiger partial charge < -0.3 is 16.0 Å². The molecule has 2 fully saturated rings. The lowest BCUT2D eigenvalue weighted by molar-refractivity contribution is 0.0938. The quantitative estimate of drug-likeness (QED) is 0.742. The van der Waals surface area contributed by atoms with Gasteiger partial charge in [-0.15, -0.1) is 0 Å². The third kappa shape index (κ3) is 5.46. The van der Waals surface area contributed by atoms with Crippen LogP contribution in [0.2, 0.25) is 0 Å². The van der Waals surface area contributed by atoms with Crippen molar-refractivity contribution in [1.29, 1.82) is 0 Å². The lowest BCUT2D eigenvalue weighted by Crippen LogP contribution is -2.42. The van der Waals surface area contributed by atoms with Gasteiger partial charge in [0.2, 0.25) is 0 Å². The maximum Gasteiger partial charge on any atom is 0.319 e. The van der Waals surface area contributed by atoms with Gasteiger partial charge in [-0.05, 0) is 63.4 Å². The van der Waals surface area contributed by atoms with Crippen molar-refractivity contribution in [2.24, 2.45) is 0 Å². The summed E-state index contributed by atoms with van der Waals surface area (Å²) in [5.74, 6) is -0.0707. The average Bonchev–Trinajstić information content (AvgIpc) is 3.41. The predicted molar refractivity (Wildman–Crippen MR) is 98.8 cm³/mol. The SMILES string of the molecule is C[C@@H]1CCCCN1CCNC(=O)c1ccc(NC(=O)NC2CC2)cc1. The van der Waals surface area contributed by atoms with E-state index in [1.54, 1.807) is 24.3 Å². The second kappa shape index (κ2) is 8.34. The molecule has 1 saturated carbocycles. The summed E-state index contributed by atoms with van der Waals surface area (Å²) in [5, 5.41) is 8.63. The normalized spacial score (nSPS) is 20.8. The minimum Gasteiger partial charge on any atom is -0.351 e. The number of urea groups is 1. The Morgan fingerprint density at radius 3 is 2.56 bits per heavy atom. The Balaban J connectivity index is 1.41. The fraction of sp³-hybridized carbons (Fsp3) is 0.579. The number of likely N-dealkylation sites (tertiary alicyclic amines) is 1. The largest absolute Gasteiger partial charge is 0.351 e. The smallest absolute Gasteiger partial charge is 0.319 e. The van der Waals surface area contributed by atoms with Crippen molar-refractivity contribution in [2.45, 2.75) is 51.1 Å². The minimum absolute atomic E-state index is 0.0707. The van der Waals surface area contributed by atoms with Gasteiger partial charge in [0.1, 0.15) is 0 Å². The zero-order valence-electron chi connectivity index (χ0n) is 14.9. The molecule has 0 bridgehead atoms. The van der Waals surface area contributed by atoms with E-state index < -0.39 is 0 Å². The maximum absolute atomic E-state index is 12.2. The van der Waals surface area contributed by atoms with Crippen molar-refractivity contribution in [3.05, 3.63) is 29.8 Å². The van der Waals surface area contributed by atoms with Gasteiger partial charge in [0, 0.05) is 36.4 Å². The van der Waals surface area contributed by atoms with Crippen LogP contribution in [0.1, 0.15) is 49.4 Å². The molecule has 1 heterocycles. The van der Waals surface area contributed by atoms with E-state index in [0.717, 1.165) is 25.9 Å². The Kier molecular flexibility index (Phi) is 5.91. The van der Waals surface area contributed by atoms with Crippen LogP contribution in [0.15, 0.2) is 24.3 Å². The number of benzene rings is 1. The molecule has 3 N–H and O–H groups in total. The average molecular weight is 344 g/mol. The van der Waals surface area contributed by atoms with E-state index in [4.69, 9.17) is 0 Å². The fourth-order valence-electron chi connectivity index (χ4n) is 3.19. The number of hydrogen-bond acceptors (Lipinski definition) is 3. The van der Waals surface area contributed by atoms with Crippen molar-refractivity contribution in [1.82, 2.24) is 15.5 Å². The van der Waals surface area contributed by atoms with E-state index in [1.807, 2.05) is 0 Å². The van der Waals surface area contributed by atoms with Crippen LogP contribution < -0.4 is 16.0 Å². The van der Waals surface area contributed by atoms with Crippen molar-refractivity contribution in [2.75, 3.05) is 25.0 Å². The second-order valence-corrected chi connectivity index (χ2v) is 7.09. The summed E-state index contributed by atoms with van der Waals surface area (Å²) in [4.78, 5) is 26.4. The zero-order valence-corrected chi connectivity index (χ0v) is 14.9. The molecular formula is C19H28N4O2. The van der Waals surface area contributed by atoms with Crippen LogP contribution in [0.5, 0.6) is 0 Å². The number of nitrogens with zero attached hydrogens (tertiary/aromatic N) is 1. The Hall–Kier alpha value is -2.08.